The number of ether oxygens (including phenoxy) is 1. The summed E-state index contributed by atoms with van der Waals surface area (Å²) in [6, 6.07) is 8.28. The van der Waals surface area contributed by atoms with Crippen molar-refractivity contribution in [2.75, 3.05) is 19.7 Å². The predicted octanol–water partition coefficient (Wildman–Crippen LogP) is 1.74. The molecule has 0 spiro atoms. The lowest BCUT2D eigenvalue weighted by atomic mass is 10.0. The zero-order valence-corrected chi connectivity index (χ0v) is 10.7. The third-order valence-corrected chi connectivity index (χ3v) is 4.19. The van der Waals surface area contributed by atoms with Gasteiger partial charge in [-0.25, -0.2) is 0 Å². The average Bonchev–Trinajstić information content (AvgIpc) is 3.01. The van der Waals surface area contributed by atoms with E-state index in [1.165, 1.54) is 18.4 Å². The van der Waals surface area contributed by atoms with Gasteiger partial charge in [0.05, 0.1) is 0 Å². The van der Waals surface area contributed by atoms with Crippen LogP contribution in [0.4, 0.5) is 0 Å². The fourth-order valence-corrected chi connectivity index (χ4v) is 2.80. The quantitative estimate of drug-likeness (QED) is 0.804. The number of nitrogens with one attached hydrogen (secondary N) is 1. The van der Waals surface area contributed by atoms with Crippen molar-refractivity contribution in [1.29, 1.82) is 0 Å². The third-order valence-electron chi connectivity index (χ3n) is 4.19. The van der Waals surface area contributed by atoms with Gasteiger partial charge >= 0.3 is 0 Å². The molecule has 1 unspecified atom stereocenters. The monoisotopic (exact) mass is 247 g/mol. The van der Waals surface area contributed by atoms with Gasteiger partial charge in [-0.2, -0.15) is 0 Å². The molecule has 3 nitrogen and oxygen atoms in total. The molecule has 1 aliphatic heterocycles. The van der Waals surface area contributed by atoms with E-state index in [0.717, 1.165) is 31.7 Å². The Hall–Kier alpha value is -1.06. The second-order valence-electron chi connectivity index (χ2n) is 5.66. The molecule has 1 fully saturated rings. The van der Waals surface area contributed by atoms with Crippen LogP contribution in [0.25, 0.3) is 0 Å². The minimum atomic E-state index is 0.271. The topological polar surface area (TPSA) is 41.5 Å². The van der Waals surface area contributed by atoms with Crippen LogP contribution in [0.5, 0.6) is 5.75 Å². The highest BCUT2D eigenvalue weighted by Crippen LogP contribution is 2.47. The lowest BCUT2D eigenvalue weighted by Crippen LogP contribution is -2.34. The van der Waals surface area contributed by atoms with Crippen LogP contribution in [0.2, 0.25) is 0 Å². The molecule has 0 saturated heterocycles. The highest BCUT2D eigenvalue weighted by Gasteiger charge is 2.41. The van der Waals surface area contributed by atoms with Gasteiger partial charge in [0.2, 0.25) is 0 Å². The van der Waals surface area contributed by atoms with Crippen LogP contribution in [0.1, 0.15) is 24.8 Å². The highest BCUT2D eigenvalue weighted by molar-refractivity contribution is 5.37. The fourth-order valence-electron chi connectivity index (χ4n) is 2.80. The van der Waals surface area contributed by atoms with E-state index in [1.54, 1.807) is 0 Å². The van der Waals surface area contributed by atoms with Crippen LogP contribution >= 0.6 is 0 Å². The molecule has 1 aliphatic carbocycles. The Kier molecular flexibility index (Phi) is 3.27. The number of fused-ring (bicyclic) bond motifs is 1. The fraction of sp³-hybridized carbons (Fsp3) is 0.600. The Labute approximate surface area is 108 Å². The molecule has 0 amide bonds. The first kappa shape index (κ1) is 12.0. The van der Waals surface area contributed by atoms with E-state index in [0.29, 0.717) is 12.0 Å². The van der Waals surface area contributed by atoms with Crippen LogP contribution in [-0.4, -0.2) is 30.9 Å². The molecular weight excluding hydrogens is 226 g/mol. The molecule has 1 aromatic carbocycles. The van der Waals surface area contributed by atoms with Crippen LogP contribution in [-0.2, 0) is 6.42 Å². The highest BCUT2D eigenvalue weighted by atomic mass is 16.5. The minimum absolute atomic E-state index is 0.271. The van der Waals surface area contributed by atoms with Crippen molar-refractivity contribution in [2.24, 2.45) is 5.41 Å². The minimum Gasteiger partial charge on any atom is -0.488 e. The maximum absolute atomic E-state index is 9.02. The van der Waals surface area contributed by atoms with Crippen LogP contribution in [0, 0.1) is 5.41 Å². The van der Waals surface area contributed by atoms with Gasteiger partial charge in [0.25, 0.3) is 0 Å². The Morgan fingerprint density at radius 2 is 2.17 bits per heavy atom. The number of hydrogen-bond acceptors (Lipinski definition) is 3. The molecule has 0 aromatic heterocycles. The first-order chi connectivity index (χ1) is 8.81. The van der Waals surface area contributed by atoms with Crippen molar-refractivity contribution in [3.63, 3.8) is 0 Å². The second-order valence-corrected chi connectivity index (χ2v) is 5.66. The van der Waals surface area contributed by atoms with E-state index < -0.39 is 0 Å². The molecule has 2 aliphatic rings. The molecule has 0 radical (unpaired) electrons. The maximum atomic E-state index is 9.02. The van der Waals surface area contributed by atoms with E-state index in [-0.39, 0.29) is 6.10 Å². The predicted molar refractivity (Wildman–Crippen MR) is 70.8 cm³/mol. The molecule has 1 heterocycles. The third kappa shape index (κ3) is 2.52. The summed E-state index contributed by atoms with van der Waals surface area (Å²) in [5, 5.41) is 12.5. The van der Waals surface area contributed by atoms with Crippen LogP contribution in [0.15, 0.2) is 24.3 Å². The zero-order valence-electron chi connectivity index (χ0n) is 10.7. The van der Waals surface area contributed by atoms with E-state index >= 15 is 0 Å². The molecule has 1 aromatic rings. The zero-order chi connectivity index (χ0) is 12.4. The largest absolute Gasteiger partial charge is 0.488 e. The van der Waals surface area contributed by atoms with E-state index in [2.05, 4.69) is 17.4 Å². The smallest absolute Gasteiger partial charge is 0.123 e. The summed E-state index contributed by atoms with van der Waals surface area (Å²) < 4.78 is 5.89. The molecule has 1 atom stereocenters. The Morgan fingerprint density at radius 3 is 2.89 bits per heavy atom. The summed E-state index contributed by atoms with van der Waals surface area (Å²) in [5.41, 5.74) is 1.71. The van der Waals surface area contributed by atoms with Crippen molar-refractivity contribution in [2.45, 2.75) is 31.8 Å². The maximum Gasteiger partial charge on any atom is 0.123 e. The normalized spacial score (nSPS) is 23.5. The molecule has 3 rings (SSSR count). The Balaban J connectivity index is 1.44. The number of benzene rings is 1. The molecule has 18 heavy (non-hydrogen) atoms. The Morgan fingerprint density at radius 1 is 1.33 bits per heavy atom. The van der Waals surface area contributed by atoms with Crippen molar-refractivity contribution in [1.82, 2.24) is 5.32 Å². The SMILES string of the molecule is OCCC1(CNCC2Cc3ccccc3O2)CC1. The van der Waals surface area contributed by atoms with Gasteiger partial charge in [0.1, 0.15) is 11.9 Å². The first-order valence-electron chi connectivity index (χ1n) is 6.87. The number of hydrogen-bond donors (Lipinski definition) is 2. The van der Waals surface area contributed by atoms with E-state index in [1.807, 2.05) is 12.1 Å². The van der Waals surface area contributed by atoms with Crippen LogP contribution in [0.3, 0.4) is 0 Å². The summed E-state index contributed by atoms with van der Waals surface area (Å²) in [7, 11) is 0. The second kappa shape index (κ2) is 4.90. The number of aliphatic hydroxyl groups excluding tert-OH is 1. The van der Waals surface area contributed by atoms with Gasteiger partial charge in [0.15, 0.2) is 0 Å². The summed E-state index contributed by atoms with van der Waals surface area (Å²) in [6.45, 7) is 2.23. The molecular formula is C15H21NO2. The lowest BCUT2D eigenvalue weighted by molar-refractivity contribution is 0.214. The van der Waals surface area contributed by atoms with Gasteiger partial charge in [-0.3, -0.25) is 0 Å². The molecule has 1 saturated carbocycles. The van der Waals surface area contributed by atoms with Gasteiger partial charge in [0, 0.05) is 26.1 Å². The molecule has 3 heteroatoms. The lowest BCUT2D eigenvalue weighted by Gasteiger charge is -2.17. The summed E-state index contributed by atoms with van der Waals surface area (Å²) in [6.07, 6.45) is 4.73. The number of aliphatic hydroxyl groups is 1. The van der Waals surface area contributed by atoms with Gasteiger partial charge in [-0.15, -0.1) is 0 Å². The van der Waals surface area contributed by atoms with Crippen molar-refractivity contribution in [3.05, 3.63) is 29.8 Å². The number of rotatable bonds is 6. The summed E-state index contributed by atoms with van der Waals surface area (Å²) >= 11 is 0. The number of para-hydroxylation sites is 1. The standard InChI is InChI=1S/C15H21NO2/c17-8-7-15(5-6-15)11-16-10-13-9-12-3-1-2-4-14(12)18-13/h1-4,13,16-17H,5-11H2. The van der Waals surface area contributed by atoms with Gasteiger partial charge < -0.3 is 15.2 Å². The molecule has 2 N–H and O–H groups in total. The molecule has 98 valence electrons. The van der Waals surface area contributed by atoms with Crippen LogP contribution < -0.4 is 10.1 Å². The van der Waals surface area contributed by atoms with Gasteiger partial charge in [-0.1, -0.05) is 18.2 Å². The van der Waals surface area contributed by atoms with Crippen molar-refractivity contribution in [3.8, 4) is 5.75 Å². The molecule has 0 bridgehead atoms. The first-order valence-corrected chi connectivity index (χ1v) is 6.87. The summed E-state index contributed by atoms with van der Waals surface area (Å²) in [4.78, 5) is 0. The van der Waals surface area contributed by atoms with Crippen molar-refractivity contribution < 1.29 is 9.84 Å². The van der Waals surface area contributed by atoms with Crippen molar-refractivity contribution >= 4 is 0 Å². The van der Waals surface area contributed by atoms with E-state index in [4.69, 9.17) is 9.84 Å². The average molecular weight is 247 g/mol. The van der Waals surface area contributed by atoms with E-state index in [9.17, 15) is 0 Å². The summed E-state index contributed by atoms with van der Waals surface area (Å²) in [5.74, 6) is 1.04. The van der Waals surface area contributed by atoms with Gasteiger partial charge in [-0.05, 0) is 36.3 Å². The Bertz CT molecular complexity index is 390.